The summed E-state index contributed by atoms with van der Waals surface area (Å²) in [6.07, 6.45) is 23.8. The third kappa shape index (κ3) is 22.3. The first-order valence-corrected chi connectivity index (χ1v) is 15.1. The highest BCUT2D eigenvalue weighted by molar-refractivity contribution is 5.69. The standard InChI is InChI=1S/C30H58N2O4/c1-3-4-5-6-7-8-9-10-11-12-13-14-15-16-17-18-25-34-26-27-35-28-29-36-30(33)19-20-32-23-21-31(2)22-24-32/h10-11H,3-9,12-29H2,1-2H3/b11-10-. The minimum Gasteiger partial charge on any atom is -0.463 e. The second kappa shape index (κ2) is 25.7. The monoisotopic (exact) mass is 510 g/mol. The molecule has 1 heterocycles. The largest absolute Gasteiger partial charge is 0.463 e. The van der Waals surface area contributed by atoms with Crippen molar-refractivity contribution >= 4 is 5.97 Å². The first kappa shape index (κ1) is 33.1. The Hall–Kier alpha value is -0.950. The quantitative estimate of drug-likeness (QED) is 0.0823. The van der Waals surface area contributed by atoms with Crippen LogP contribution < -0.4 is 0 Å². The summed E-state index contributed by atoms with van der Waals surface area (Å²) in [5, 5.41) is 0. The molecule has 1 aliphatic heterocycles. The summed E-state index contributed by atoms with van der Waals surface area (Å²) in [6.45, 7) is 10.0. The van der Waals surface area contributed by atoms with Gasteiger partial charge in [0, 0.05) is 39.3 Å². The fourth-order valence-electron chi connectivity index (χ4n) is 4.38. The third-order valence-corrected chi connectivity index (χ3v) is 6.89. The molecule has 1 rings (SSSR count). The van der Waals surface area contributed by atoms with Gasteiger partial charge in [0.2, 0.25) is 0 Å². The Balaban J connectivity index is 1.71. The van der Waals surface area contributed by atoms with E-state index in [0.29, 0.717) is 32.8 Å². The fraction of sp³-hybridized carbons (Fsp3) is 0.900. The van der Waals surface area contributed by atoms with Gasteiger partial charge < -0.3 is 24.0 Å². The van der Waals surface area contributed by atoms with E-state index in [2.05, 4.69) is 35.9 Å². The summed E-state index contributed by atoms with van der Waals surface area (Å²) in [7, 11) is 2.14. The van der Waals surface area contributed by atoms with Gasteiger partial charge in [-0.25, -0.2) is 0 Å². The lowest BCUT2D eigenvalue weighted by Crippen LogP contribution is -2.45. The lowest BCUT2D eigenvalue weighted by molar-refractivity contribution is -0.145. The second-order valence-corrected chi connectivity index (χ2v) is 10.3. The predicted molar refractivity (Wildman–Crippen MR) is 151 cm³/mol. The Bertz CT molecular complexity index is 507. The molecular weight excluding hydrogens is 452 g/mol. The normalized spacial score (nSPS) is 15.2. The smallest absolute Gasteiger partial charge is 0.307 e. The summed E-state index contributed by atoms with van der Waals surface area (Å²) in [4.78, 5) is 16.5. The Labute approximate surface area is 223 Å². The van der Waals surface area contributed by atoms with Crippen molar-refractivity contribution < 1.29 is 19.0 Å². The molecule has 6 heteroatoms. The van der Waals surface area contributed by atoms with Crippen molar-refractivity contribution in [2.24, 2.45) is 0 Å². The van der Waals surface area contributed by atoms with E-state index in [0.717, 1.165) is 45.8 Å². The molecule has 0 atom stereocenters. The van der Waals surface area contributed by atoms with Crippen molar-refractivity contribution in [3.05, 3.63) is 12.2 Å². The molecular formula is C30H58N2O4. The van der Waals surface area contributed by atoms with Crippen LogP contribution in [0, 0.1) is 0 Å². The maximum absolute atomic E-state index is 11.8. The molecule has 0 bridgehead atoms. The van der Waals surface area contributed by atoms with Gasteiger partial charge in [-0.1, -0.05) is 76.9 Å². The minimum atomic E-state index is -0.131. The van der Waals surface area contributed by atoms with Gasteiger partial charge in [-0.15, -0.1) is 0 Å². The molecule has 212 valence electrons. The fourth-order valence-corrected chi connectivity index (χ4v) is 4.38. The van der Waals surface area contributed by atoms with E-state index in [1.54, 1.807) is 0 Å². The van der Waals surface area contributed by atoms with Crippen LogP contribution in [0.4, 0.5) is 0 Å². The Morgan fingerprint density at radius 1 is 0.667 bits per heavy atom. The highest BCUT2D eigenvalue weighted by Crippen LogP contribution is 2.10. The Morgan fingerprint density at radius 3 is 1.83 bits per heavy atom. The average molecular weight is 511 g/mol. The minimum absolute atomic E-state index is 0.131. The van der Waals surface area contributed by atoms with Crippen molar-refractivity contribution in [2.45, 2.75) is 103 Å². The lowest BCUT2D eigenvalue weighted by atomic mass is 10.1. The molecule has 0 aliphatic carbocycles. The first-order valence-electron chi connectivity index (χ1n) is 15.1. The van der Waals surface area contributed by atoms with Gasteiger partial charge in [-0.05, 0) is 39.2 Å². The number of piperazine rings is 1. The molecule has 0 amide bonds. The number of hydrogen-bond acceptors (Lipinski definition) is 6. The number of ether oxygens (including phenoxy) is 3. The van der Waals surface area contributed by atoms with E-state index in [4.69, 9.17) is 14.2 Å². The summed E-state index contributed by atoms with van der Waals surface area (Å²) in [6, 6.07) is 0. The van der Waals surface area contributed by atoms with Crippen molar-refractivity contribution in [3.8, 4) is 0 Å². The molecule has 1 fully saturated rings. The average Bonchev–Trinajstić information content (AvgIpc) is 2.88. The van der Waals surface area contributed by atoms with E-state index >= 15 is 0 Å². The molecule has 0 unspecified atom stereocenters. The molecule has 0 N–H and O–H groups in total. The van der Waals surface area contributed by atoms with Gasteiger partial charge in [-0.2, -0.15) is 0 Å². The SMILES string of the molecule is CCCCCCCC/C=C\CCCCCCCCOCCOCCOC(=O)CCN1CCN(C)CC1. The van der Waals surface area contributed by atoms with Crippen LogP contribution in [-0.4, -0.2) is 88.6 Å². The molecule has 1 aliphatic rings. The van der Waals surface area contributed by atoms with E-state index in [-0.39, 0.29) is 5.97 Å². The van der Waals surface area contributed by atoms with Crippen LogP contribution in [-0.2, 0) is 19.0 Å². The van der Waals surface area contributed by atoms with Gasteiger partial charge >= 0.3 is 5.97 Å². The van der Waals surface area contributed by atoms with Crippen LogP contribution in [0.25, 0.3) is 0 Å². The summed E-state index contributed by atoms with van der Waals surface area (Å²) >= 11 is 0. The highest BCUT2D eigenvalue weighted by Gasteiger charge is 2.14. The van der Waals surface area contributed by atoms with Gasteiger partial charge in [0.15, 0.2) is 0 Å². The van der Waals surface area contributed by atoms with Crippen molar-refractivity contribution in [2.75, 3.05) is 72.8 Å². The predicted octanol–water partition coefficient (Wildman–Crippen LogP) is 6.24. The number of esters is 1. The van der Waals surface area contributed by atoms with E-state index in [1.807, 2.05) is 0 Å². The molecule has 1 saturated heterocycles. The number of carbonyl (C=O) groups excluding carboxylic acids is 1. The number of unbranched alkanes of at least 4 members (excludes halogenated alkanes) is 12. The number of hydrogen-bond donors (Lipinski definition) is 0. The zero-order valence-corrected chi connectivity index (χ0v) is 23.9. The van der Waals surface area contributed by atoms with Gasteiger partial charge in [0.25, 0.3) is 0 Å². The van der Waals surface area contributed by atoms with Crippen LogP contribution in [0.5, 0.6) is 0 Å². The first-order chi connectivity index (χ1) is 17.7. The molecule has 6 nitrogen and oxygen atoms in total. The van der Waals surface area contributed by atoms with Crippen molar-refractivity contribution in [3.63, 3.8) is 0 Å². The van der Waals surface area contributed by atoms with Crippen molar-refractivity contribution in [1.82, 2.24) is 9.80 Å². The molecule has 0 spiro atoms. The number of nitrogens with zero attached hydrogens (tertiary/aromatic N) is 2. The Kier molecular flexibility index (Phi) is 23.6. The summed E-state index contributed by atoms with van der Waals surface area (Å²) < 4.78 is 16.4. The molecule has 36 heavy (non-hydrogen) atoms. The number of allylic oxidation sites excluding steroid dienone is 2. The van der Waals surface area contributed by atoms with E-state index in [9.17, 15) is 4.79 Å². The molecule has 0 aromatic rings. The van der Waals surface area contributed by atoms with Crippen molar-refractivity contribution in [1.29, 1.82) is 0 Å². The summed E-state index contributed by atoms with van der Waals surface area (Å²) in [5.74, 6) is -0.131. The zero-order chi connectivity index (χ0) is 25.9. The topological polar surface area (TPSA) is 51.2 Å². The van der Waals surface area contributed by atoms with Crippen LogP contribution in [0.3, 0.4) is 0 Å². The van der Waals surface area contributed by atoms with Gasteiger partial charge in [-0.3, -0.25) is 4.79 Å². The van der Waals surface area contributed by atoms with Crippen LogP contribution >= 0.6 is 0 Å². The molecule has 0 radical (unpaired) electrons. The number of carbonyl (C=O) groups is 1. The van der Waals surface area contributed by atoms with Crippen LogP contribution in [0.15, 0.2) is 12.2 Å². The third-order valence-electron chi connectivity index (χ3n) is 6.89. The zero-order valence-electron chi connectivity index (χ0n) is 23.9. The molecule has 0 aromatic heterocycles. The van der Waals surface area contributed by atoms with Crippen LogP contribution in [0.1, 0.15) is 103 Å². The van der Waals surface area contributed by atoms with E-state index < -0.39 is 0 Å². The highest BCUT2D eigenvalue weighted by atomic mass is 16.6. The van der Waals surface area contributed by atoms with Gasteiger partial charge in [0.05, 0.1) is 26.2 Å². The maximum Gasteiger partial charge on any atom is 0.307 e. The number of rotatable bonds is 25. The second-order valence-electron chi connectivity index (χ2n) is 10.3. The Morgan fingerprint density at radius 2 is 1.19 bits per heavy atom. The van der Waals surface area contributed by atoms with Gasteiger partial charge in [0.1, 0.15) is 6.61 Å². The molecule has 0 saturated carbocycles. The lowest BCUT2D eigenvalue weighted by Gasteiger charge is -2.31. The summed E-state index contributed by atoms with van der Waals surface area (Å²) in [5.41, 5.74) is 0. The molecule has 0 aromatic carbocycles. The number of likely N-dealkylation sites (N-methyl/N-ethyl adjacent to an activating group) is 1. The maximum atomic E-state index is 11.8. The van der Waals surface area contributed by atoms with E-state index in [1.165, 1.54) is 83.5 Å². The van der Waals surface area contributed by atoms with Crippen LogP contribution in [0.2, 0.25) is 0 Å².